The number of nitrogens with one attached hydrogen (secondary N) is 1. The van der Waals surface area contributed by atoms with E-state index in [2.05, 4.69) is 25.7 Å². The monoisotopic (exact) mass is 363 g/mol. The molecule has 3 N–H and O–H groups in total. The van der Waals surface area contributed by atoms with Crippen molar-refractivity contribution < 1.29 is 15.0 Å². The number of aliphatic hydroxyl groups excluding tert-OH is 2. The lowest BCUT2D eigenvalue weighted by atomic mass is 9.49. The molecule has 4 unspecified atom stereocenters. The Kier molecular flexibility index (Phi) is 5.56. The van der Waals surface area contributed by atoms with E-state index in [1.54, 1.807) is 6.92 Å². The summed E-state index contributed by atoms with van der Waals surface area (Å²) in [4.78, 5) is 11.4. The Bertz CT molecular complexity index is 562. The Morgan fingerprint density at radius 1 is 1.15 bits per heavy atom. The molecule has 0 aliphatic heterocycles. The lowest BCUT2D eigenvalue weighted by molar-refractivity contribution is -0.122. The molecule has 0 aromatic heterocycles. The minimum Gasteiger partial charge on any atom is -0.396 e. The molecule has 3 aliphatic carbocycles. The van der Waals surface area contributed by atoms with E-state index < -0.39 is 0 Å². The van der Waals surface area contributed by atoms with Crippen LogP contribution in [-0.2, 0) is 4.79 Å². The molecule has 26 heavy (non-hydrogen) atoms. The molecule has 3 rings (SSSR count). The first kappa shape index (κ1) is 19.9. The van der Waals surface area contributed by atoms with Crippen LogP contribution in [0.4, 0.5) is 0 Å². The van der Waals surface area contributed by atoms with Gasteiger partial charge in [-0.1, -0.05) is 26.0 Å². The predicted molar refractivity (Wildman–Crippen MR) is 103 cm³/mol. The first-order valence-corrected chi connectivity index (χ1v) is 10.4. The number of aliphatic hydroxyl groups is 2. The van der Waals surface area contributed by atoms with Crippen molar-refractivity contribution in [2.24, 2.45) is 34.5 Å². The van der Waals surface area contributed by atoms with Crippen LogP contribution in [0.3, 0.4) is 0 Å². The van der Waals surface area contributed by atoms with Crippen molar-refractivity contribution in [2.45, 2.75) is 71.8 Å². The van der Waals surface area contributed by atoms with Gasteiger partial charge in [0.1, 0.15) is 0 Å². The number of carbonyl (C=O) groups excluding carboxylic acids is 1. The van der Waals surface area contributed by atoms with Gasteiger partial charge in [-0.05, 0) is 79.4 Å². The van der Waals surface area contributed by atoms with Gasteiger partial charge in [0.05, 0.1) is 0 Å². The molecule has 0 spiro atoms. The highest BCUT2D eigenvalue weighted by atomic mass is 16.3. The van der Waals surface area contributed by atoms with Gasteiger partial charge in [0.2, 0.25) is 5.91 Å². The summed E-state index contributed by atoms with van der Waals surface area (Å²) in [6.07, 6.45) is 7.32. The average Bonchev–Trinajstić information content (AvgIpc) is 2.90. The van der Waals surface area contributed by atoms with Crippen LogP contribution in [0.25, 0.3) is 0 Å². The van der Waals surface area contributed by atoms with Crippen molar-refractivity contribution in [2.75, 3.05) is 13.2 Å². The highest BCUT2D eigenvalue weighted by Gasteiger charge is 2.56. The van der Waals surface area contributed by atoms with Gasteiger partial charge < -0.3 is 15.5 Å². The third kappa shape index (κ3) is 3.13. The summed E-state index contributed by atoms with van der Waals surface area (Å²) in [6.45, 7) is 11.0. The van der Waals surface area contributed by atoms with Gasteiger partial charge in [-0.3, -0.25) is 4.79 Å². The van der Waals surface area contributed by atoms with Gasteiger partial charge in [-0.15, -0.1) is 0 Å². The van der Waals surface area contributed by atoms with Gasteiger partial charge in [0, 0.05) is 26.2 Å². The summed E-state index contributed by atoms with van der Waals surface area (Å²) in [5, 5.41) is 23.5. The van der Waals surface area contributed by atoms with Crippen LogP contribution in [0.5, 0.6) is 0 Å². The van der Waals surface area contributed by atoms with Gasteiger partial charge in [-0.25, -0.2) is 0 Å². The van der Waals surface area contributed by atoms with Crippen LogP contribution in [0.1, 0.15) is 65.7 Å². The van der Waals surface area contributed by atoms with Crippen molar-refractivity contribution in [3.8, 4) is 0 Å². The van der Waals surface area contributed by atoms with Crippen LogP contribution in [0.15, 0.2) is 12.2 Å². The van der Waals surface area contributed by atoms with Crippen LogP contribution < -0.4 is 5.32 Å². The van der Waals surface area contributed by atoms with E-state index in [4.69, 9.17) is 0 Å². The molecule has 148 valence electrons. The summed E-state index contributed by atoms with van der Waals surface area (Å²) in [6, 6.07) is 0.172. The minimum absolute atomic E-state index is 0.0152. The first-order valence-electron chi connectivity index (χ1n) is 10.4. The minimum atomic E-state index is 0.0152. The second kappa shape index (κ2) is 7.27. The highest BCUT2D eigenvalue weighted by Crippen LogP contribution is 2.63. The SMILES string of the molecule is C=C1CCC2C(CO)C([C@@]3(C)CC[C@H](NC(C)=O)C[C@@H]3CO)CCC12C. The third-order valence-electron chi connectivity index (χ3n) is 8.61. The number of allylic oxidation sites excluding steroid dienone is 1. The Hall–Kier alpha value is -0.870. The van der Waals surface area contributed by atoms with Crippen molar-refractivity contribution >= 4 is 5.91 Å². The molecule has 0 aromatic rings. The molecule has 4 heteroatoms. The van der Waals surface area contributed by atoms with Gasteiger partial charge in [-0.2, -0.15) is 0 Å². The molecule has 4 nitrogen and oxygen atoms in total. The summed E-state index contributed by atoms with van der Waals surface area (Å²) in [5.41, 5.74) is 1.59. The maximum absolute atomic E-state index is 11.4. The van der Waals surface area contributed by atoms with E-state index in [0.29, 0.717) is 17.8 Å². The predicted octanol–water partition coefficient (Wildman–Crippen LogP) is 3.28. The second-order valence-corrected chi connectivity index (χ2v) is 9.71. The van der Waals surface area contributed by atoms with Crippen LogP contribution in [-0.4, -0.2) is 35.4 Å². The molecule has 0 bridgehead atoms. The Balaban J connectivity index is 1.82. The molecule has 0 heterocycles. The van der Waals surface area contributed by atoms with E-state index in [-0.39, 0.29) is 41.9 Å². The molecule has 0 saturated heterocycles. The number of hydrogen-bond acceptors (Lipinski definition) is 3. The summed E-state index contributed by atoms with van der Waals surface area (Å²) < 4.78 is 0. The number of rotatable bonds is 4. The maximum atomic E-state index is 11.4. The molecule has 0 radical (unpaired) electrons. The summed E-state index contributed by atoms with van der Waals surface area (Å²) in [5.74, 6) is 1.45. The maximum Gasteiger partial charge on any atom is 0.217 e. The topological polar surface area (TPSA) is 69.6 Å². The van der Waals surface area contributed by atoms with E-state index in [0.717, 1.165) is 44.9 Å². The second-order valence-electron chi connectivity index (χ2n) is 9.71. The molecular weight excluding hydrogens is 326 g/mol. The van der Waals surface area contributed by atoms with Crippen LogP contribution in [0, 0.1) is 34.5 Å². The quantitative estimate of drug-likeness (QED) is 0.671. The fourth-order valence-electron chi connectivity index (χ4n) is 6.88. The van der Waals surface area contributed by atoms with E-state index in [1.807, 2.05) is 0 Å². The Labute approximate surface area is 158 Å². The largest absolute Gasteiger partial charge is 0.396 e. The van der Waals surface area contributed by atoms with Crippen LogP contribution in [0.2, 0.25) is 0 Å². The van der Waals surface area contributed by atoms with Crippen molar-refractivity contribution in [3.05, 3.63) is 12.2 Å². The molecule has 1 amide bonds. The highest BCUT2D eigenvalue weighted by molar-refractivity contribution is 5.73. The van der Waals surface area contributed by atoms with E-state index in [9.17, 15) is 15.0 Å². The number of carbonyl (C=O) groups is 1. The van der Waals surface area contributed by atoms with E-state index >= 15 is 0 Å². The summed E-state index contributed by atoms with van der Waals surface area (Å²) >= 11 is 0. The van der Waals surface area contributed by atoms with Gasteiger partial charge in [0.25, 0.3) is 0 Å². The Morgan fingerprint density at radius 3 is 2.50 bits per heavy atom. The molecule has 3 saturated carbocycles. The smallest absolute Gasteiger partial charge is 0.217 e. The zero-order valence-electron chi connectivity index (χ0n) is 16.8. The normalized spacial score (nSPS) is 46.0. The summed E-state index contributed by atoms with van der Waals surface area (Å²) in [7, 11) is 0. The number of fused-ring (bicyclic) bond motifs is 1. The number of amides is 1. The van der Waals surface area contributed by atoms with Crippen molar-refractivity contribution in [1.29, 1.82) is 0 Å². The van der Waals surface area contributed by atoms with Crippen LogP contribution >= 0.6 is 0 Å². The van der Waals surface area contributed by atoms with E-state index in [1.165, 1.54) is 5.57 Å². The molecular formula is C22H37NO3. The fourth-order valence-corrected chi connectivity index (χ4v) is 6.88. The molecule has 0 aromatic carbocycles. The third-order valence-corrected chi connectivity index (χ3v) is 8.61. The standard InChI is InChI=1S/C22H37NO3/c1-14-5-6-19-18(13-25)20(8-10-21(14,19)3)22(4)9-7-17(23-15(2)26)11-16(22)12-24/h16-20,24-25H,1,5-13H2,2-4H3,(H,23,26)/t16-,17+,18?,19?,20?,21?,22+/m1/s1. The lowest BCUT2D eigenvalue weighted by Crippen LogP contribution is -2.53. The van der Waals surface area contributed by atoms with Gasteiger partial charge >= 0.3 is 0 Å². The fraction of sp³-hybridized carbons (Fsp3) is 0.864. The first-order chi connectivity index (χ1) is 12.3. The molecule has 3 fully saturated rings. The lowest BCUT2D eigenvalue weighted by Gasteiger charge is -2.56. The van der Waals surface area contributed by atoms with Crippen molar-refractivity contribution in [1.82, 2.24) is 5.32 Å². The Morgan fingerprint density at radius 2 is 1.88 bits per heavy atom. The molecule has 3 aliphatic rings. The zero-order chi connectivity index (χ0) is 19.1. The van der Waals surface area contributed by atoms with Crippen molar-refractivity contribution in [3.63, 3.8) is 0 Å². The average molecular weight is 364 g/mol. The zero-order valence-corrected chi connectivity index (χ0v) is 16.8. The number of hydrogen-bond donors (Lipinski definition) is 3. The molecule has 7 atom stereocenters. The van der Waals surface area contributed by atoms with Gasteiger partial charge in [0.15, 0.2) is 0 Å².